The van der Waals surface area contributed by atoms with Gasteiger partial charge in [-0.15, -0.1) is 0 Å². The summed E-state index contributed by atoms with van der Waals surface area (Å²) in [6.45, 7) is 5.39. The third-order valence-electron chi connectivity index (χ3n) is 2.74. The number of benzene rings is 1. The highest BCUT2D eigenvalue weighted by atomic mass is 32.2. The molecule has 0 aliphatic carbocycles. The van der Waals surface area contributed by atoms with Gasteiger partial charge in [0.2, 0.25) is 0 Å². The van der Waals surface area contributed by atoms with Gasteiger partial charge in [-0.05, 0) is 18.1 Å². The summed E-state index contributed by atoms with van der Waals surface area (Å²) < 4.78 is 5.19. The Kier molecular flexibility index (Phi) is 3.94. The van der Waals surface area contributed by atoms with E-state index in [0.717, 1.165) is 23.1 Å². The molecule has 1 aromatic carbocycles. The Morgan fingerprint density at radius 1 is 1.47 bits per heavy atom. The number of ether oxygens (including phenoxy) is 1. The molecule has 4 heteroatoms. The van der Waals surface area contributed by atoms with Crippen LogP contribution in [0.1, 0.15) is 13.8 Å². The van der Waals surface area contributed by atoms with Crippen LogP contribution in [0.2, 0.25) is 0 Å². The molecule has 1 N–H and O–H groups in total. The monoisotopic (exact) mass is 250 g/mol. The van der Waals surface area contributed by atoms with Gasteiger partial charge >= 0.3 is 0 Å². The van der Waals surface area contributed by atoms with E-state index in [9.17, 15) is 0 Å². The van der Waals surface area contributed by atoms with E-state index >= 15 is 0 Å². The van der Waals surface area contributed by atoms with E-state index in [1.54, 1.807) is 7.11 Å². The Morgan fingerprint density at radius 2 is 2.29 bits per heavy atom. The predicted molar refractivity (Wildman–Crippen MR) is 75.1 cm³/mol. The Labute approximate surface area is 107 Å². The number of methoxy groups -OCH3 is 1. The lowest BCUT2D eigenvalue weighted by Crippen LogP contribution is -2.13. The molecule has 17 heavy (non-hydrogen) atoms. The zero-order chi connectivity index (χ0) is 12.3. The highest BCUT2D eigenvalue weighted by molar-refractivity contribution is 8.15. The molecule has 1 atom stereocenters. The molecule has 0 bridgehead atoms. The first kappa shape index (κ1) is 12.3. The highest BCUT2D eigenvalue weighted by Crippen LogP contribution is 2.28. The summed E-state index contributed by atoms with van der Waals surface area (Å²) in [6, 6.07) is 7.91. The number of aliphatic imine (C=N–C) groups is 1. The second kappa shape index (κ2) is 5.45. The maximum absolute atomic E-state index is 5.19. The molecule has 1 aromatic rings. The summed E-state index contributed by atoms with van der Waals surface area (Å²) in [4.78, 5) is 4.52. The fraction of sp³-hybridized carbons (Fsp3) is 0.462. The van der Waals surface area contributed by atoms with Crippen LogP contribution in [-0.2, 0) is 0 Å². The molecule has 0 amide bonds. The minimum Gasteiger partial charge on any atom is -0.497 e. The topological polar surface area (TPSA) is 33.6 Å². The van der Waals surface area contributed by atoms with Crippen LogP contribution < -0.4 is 10.1 Å². The maximum atomic E-state index is 5.19. The lowest BCUT2D eigenvalue weighted by Gasteiger charge is -2.12. The first-order valence-corrected chi connectivity index (χ1v) is 6.69. The van der Waals surface area contributed by atoms with Crippen LogP contribution in [0.15, 0.2) is 29.3 Å². The quantitative estimate of drug-likeness (QED) is 0.894. The summed E-state index contributed by atoms with van der Waals surface area (Å²) >= 11 is 1.83. The van der Waals surface area contributed by atoms with Gasteiger partial charge in [-0.3, -0.25) is 4.99 Å². The average molecular weight is 250 g/mol. The van der Waals surface area contributed by atoms with Gasteiger partial charge < -0.3 is 10.1 Å². The molecular formula is C13H18N2OS. The first-order valence-electron chi connectivity index (χ1n) is 5.81. The average Bonchev–Trinajstić information content (AvgIpc) is 2.78. The van der Waals surface area contributed by atoms with Crippen molar-refractivity contribution in [1.29, 1.82) is 0 Å². The number of thioether (sulfide) groups is 1. The van der Waals surface area contributed by atoms with Crippen molar-refractivity contribution >= 4 is 22.6 Å². The predicted octanol–water partition coefficient (Wildman–Crippen LogP) is 3.23. The van der Waals surface area contributed by atoms with Gasteiger partial charge in [0.1, 0.15) is 5.75 Å². The zero-order valence-electron chi connectivity index (χ0n) is 10.4. The van der Waals surface area contributed by atoms with Gasteiger partial charge in [0, 0.05) is 17.0 Å². The van der Waals surface area contributed by atoms with E-state index in [1.807, 2.05) is 36.0 Å². The van der Waals surface area contributed by atoms with Crippen LogP contribution in [0, 0.1) is 5.92 Å². The number of nitrogens with one attached hydrogen (secondary N) is 1. The minimum atomic E-state index is 0.600. The zero-order valence-corrected chi connectivity index (χ0v) is 11.3. The Bertz CT molecular complexity index is 418. The lowest BCUT2D eigenvalue weighted by atomic mass is 10.1. The molecule has 92 valence electrons. The number of anilines is 1. The van der Waals surface area contributed by atoms with E-state index in [0.29, 0.717) is 11.2 Å². The van der Waals surface area contributed by atoms with Gasteiger partial charge in [-0.2, -0.15) is 0 Å². The molecule has 2 rings (SSSR count). The van der Waals surface area contributed by atoms with Gasteiger partial charge in [0.25, 0.3) is 0 Å². The number of amidine groups is 1. The summed E-state index contributed by atoms with van der Waals surface area (Å²) in [6.07, 6.45) is 0. The summed E-state index contributed by atoms with van der Waals surface area (Å²) in [5, 5.41) is 4.94. The van der Waals surface area contributed by atoms with Crippen LogP contribution in [0.25, 0.3) is 0 Å². The van der Waals surface area contributed by atoms with E-state index in [4.69, 9.17) is 4.74 Å². The van der Waals surface area contributed by atoms with Crippen molar-refractivity contribution in [3.63, 3.8) is 0 Å². The Hall–Kier alpha value is -1.16. The third-order valence-corrected chi connectivity index (χ3v) is 4.19. The van der Waals surface area contributed by atoms with Crippen LogP contribution in [-0.4, -0.2) is 24.1 Å². The molecule has 0 aromatic heterocycles. The van der Waals surface area contributed by atoms with Gasteiger partial charge in [-0.25, -0.2) is 0 Å². The van der Waals surface area contributed by atoms with Crippen molar-refractivity contribution in [2.75, 3.05) is 19.0 Å². The fourth-order valence-electron chi connectivity index (χ4n) is 1.63. The summed E-state index contributed by atoms with van der Waals surface area (Å²) in [5.41, 5.74) is 1.03. The normalized spacial score (nSPS) is 19.3. The van der Waals surface area contributed by atoms with Gasteiger partial charge in [0.15, 0.2) is 5.17 Å². The van der Waals surface area contributed by atoms with Crippen molar-refractivity contribution < 1.29 is 4.74 Å². The summed E-state index contributed by atoms with van der Waals surface area (Å²) in [5.74, 6) is 1.52. The largest absolute Gasteiger partial charge is 0.497 e. The third kappa shape index (κ3) is 3.16. The SMILES string of the molecule is COc1cccc(NC2=NCC(C(C)C)S2)c1. The van der Waals surface area contributed by atoms with Crippen LogP contribution in [0.4, 0.5) is 5.69 Å². The molecule has 1 heterocycles. The van der Waals surface area contributed by atoms with E-state index in [1.165, 1.54) is 0 Å². The minimum absolute atomic E-state index is 0.600. The number of nitrogens with zero attached hydrogens (tertiary/aromatic N) is 1. The molecule has 0 spiro atoms. The molecular weight excluding hydrogens is 232 g/mol. The second-order valence-corrected chi connectivity index (χ2v) is 5.63. The smallest absolute Gasteiger partial charge is 0.161 e. The molecule has 0 fully saturated rings. The highest BCUT2D eigenvalue weighted by Gasteiger charge is 2.22. The number of hydrogen-bond donors (Lipinski definition) is 1. The molecule has 3 nitrogen and oxygen atoms in total. The van der Waals surface area contributed by atoms with E-state index in [-0.39, 0.29) is 0 Å². The van der Waals surface area contributed by atoms with Crippen molar-refractivity contribution in [2.24, 2.45) is 10.9 Å². The van der Waals surface area contributed by atoms with E-state index < -0.39 is 0 Å². The van der Waals surface area contributed by atoms with Crippen LogP contribution >= 0.6 is 11.8 Å². The molecule has 0 saturated heterocycles. The van der Waals surface area contributed by atoms with Crippen molar-refractivity contribution in [3.05, 3.63) is 24.3 Å². The number of rotatable bonds is 3. The standard InChI is InChI=1S/C13H18N2OS/c1-9(2)12-8-14-13(17-12)15-10-5-4-6-11(7-10)16-3/h4-7,9,12H,8H2,1-3H3,(H,14,15). The van der Waals surface area contributed by atoms with Crippen molar-refractivity contribution in [2.45, 2.75) is 19.1 Å². The Morgan fingerprint density at radius 3 is 2.94 bits per heavy atom. The first-order chi connectivity index (χ1) is 8.19. The molecule has 1 unspecified atom stereocenters. The molecule has 1 aliphatic heterocycles. The summed E-state index contributed by atoms with van der Waals surface area (Å²) in [7, 11) is 1.68. The molecule has 0 saturated carbocycles. The number of hydrogen-bond acceptors (Lipinski definition) is 4. The molecule has 1 aliphatic rings. The van der Waals surface area contributed by atoms with Gasteiger partial charge in [-0.1, -0.05) is 31.7 Å². The Balaban J connectivity index is 1.98. The fourth-order valence-corrected chi connectivity index (χ4v) is 2.66. The lowest BCUT2D eigenvalue weighted by molar-refractivity contribution is 0.415. The van der Waals surface area contributed by atoms with Gasteiger partial charge in [0.05, 0.1) is 13.7 Å². The maximum Gasteiger partial charge on any atom is 0.161 e. The van der Waals surface area contributed by atoms with Crippen LogP contribution in [0.3, 0.4) is 0 Å². The second-order valence-electron chi connectivity index (χ2n) is 4.40. The van der Waals surface area contributed by atoms with Crippen LogP contribution in [0.5, 0.6) is 5.75 Å². The molecule has 0 radical (unpaired) electrons. The van der Waals surface area contributed by atoms with Crippen molar-refractivity contribution in [1.82, 2.24) is 0 Å². The van der Waals surface area contributed by atoms with Crippen molar-refractivity contribution in [3.8, 4) is 5.75 Å². The van der Waals surface area contributed by atoms with E-state index in [2.05, 4.69) is 24.2 Å².